The molecule has 4 atom stereocenters. The summed E-state index contributed by atoms with van der Waals surface area (Å²) >= 11 is 0. The molecule has 1 nitrogen and oxygen atoms in total. The van der Waals surface area contributed by atoms with E-state index in [0.717, 1.165) is 24.2 Å². The molecule has 2 fully saturated rings. The summed E-state index contributed by atoms with van der Waals surface area (Å²) in [6.07, 6.45) is 4.53. The lowest BCUT2D eigenvalue weighted by Crippen LogP contribution is -2.28. The van der Waals surface area contributed by atoms with Crippen molar-refractivity contribution in [3.8, 4) is 0 Å². The third-order valence-corrected chi connectivity index (χ3v) is 4.02. The van der Waals surface area contributed by atoms with Gasteiger partial charge in [0, 0.05) is 12.3 Å². The maximum atomic E-state index is 11.5. The van der Waals surface area contributed by atoms with Crippen molar-refractivity contribution in [2.45, 2.75) is 39.5 Å². The molecule has 0 N–H and O–H groups in total. The molecule has 2 aliphatic rings. The minimum atomic E-state index is 0.455. The molecule has 0 bridgehead atoms. The molecule has 2 aliphatic carbocycles. The normalized spacial score (nSPS) is 47.7. The van der Waals surface area contributed by atoms with E-state index in [1.165, 1.54) is 19.3 Å². The molecule has 2 saturated carbocycles. The van der Waals surface area contributed by atoms with Crippen LogP contribution in [0.1, 0.15) is 39.5 Å². The van der Waals surface area contributed by atoms with Crippen LogP contribution >= 0.6 is 0 Å². The van der Waals surface area contributed by atoms with Crippen LogP contribution in [-0.2, 0) is 4.79 Å². The van der Waals surface area contributed by atoms with Crippen molar-refractivity contribution >= 4 is 5.78 Å². The van der Waals surface area contributed by atoms with Gasteiger partial charge in [-0.15, -0.1) is 0 Å². The van der Waals surface area contributed by atoms with E-state index < -0.39 is 0 Å². The van der Waals surface area contributed by atoms with E-state index in [1.54, 1.807) is 0 Å². The minimum Gasteiger partial charge on any atom is -0.299 e. The monoisotopic (exact) mass is 166 g/mol. The average molecular weight is 166 g/mol. The summed E-state index contributed by atoms with van der Waals surface area (Å²) in [5, 5.41) is 0. The standard InChI is InChI=1S/C11H18O/c1-7-5-9-3-4-11(12)10(9)6-8(7)2/h7-10H,3-6H2,1-2H3/t7-,8-,9-,10+/m0/s1. The van der Waals surface area contributed by atoms with Crippen LogP contribution in [0.15, 0.2) is 0 Å². The van der Waals surface area contributed by atoms with E-state index in [0.29, 0.717) is 11.7 Å². The van der Waals surface area contributed by atoms with Gasteiger partial charge in [0.1, 0.15) is 5.78 Å². The number of Topliss-reactive ketones (excluding diaryl/α,β-unsaturated/α-hetero) is 1. The van der Waals surface area contributed by atoms with Crippen molar-refractivity contribution in [1.29, 1.82) is 0 Å². The predicted molar refractivity (Wildman–Crippen MR) is 48.8 cm³/mol. The summed E-state index contributed by atoms with van der Waals surface area (Å²) in [5.74, 6) is 3.38. The first-order valence-electron chi connectivity index (χ1n) is 5.21. The minimum absolute atomic E-state index is 0.455. The van der Waals surface area contributed by atoms with Crippen molar-refractivity contribution in [3.63, 3.8) is 0 Å². The quantitative estimate of drug-likeness (QED) is 0.540. The average Bonchev–Trinajstić information content (AvgIpc) is 2.35. The fourth-order valence-corrected chi connectivity index (χ4v) is 2.93. The molecule has 12 heavy (non-hydrogen) atoms. The molecule has 0 aromatic heterocycles. The zero-order valence-corrected chi connectivity index (χ0v) is 8.05. The van der Waals surface area contributed by atoms with Crippen LogP contribution in [0.3, 0.4) is 0 Å². The van der Waals surface area contributed by atoms with Gasteiger partial charge < -0.3 is 0 Å². The van der Waals surface area contributed by atoms with Gasteiger partial charge in [-0.3, -0.25) is 4.79 Å². The van der Waals surface area contributed by atoms with Crippen molar-refractivity contribution in [3.05, 3.63) is 0 Å². The first kappa shape index (κ1) is 8.28. The number of fused-ring (bicyclic) bond motifs is 1. The lowest BCUT2D eigenvalue weighted by molar-refractivity contribution is -0.122. The summed E-state index contributed by atoms with van der Waals surface area (Å²) < 4.78 is 0. The van der Waals surface area contributed by atoms with Crippen molar-refractivity contribution in [1.82, 2.24) is 0 Å². The van der Waals surface area contributed by atoms with Crippen LogP contribution in [0.4, 0.5) is 0 Å². The maximum Gasteiger partial charge on any atom is 0.136 e. The Labute approximate surface area is 74.5 Å². The Bertz CT molecular complexity index is 197. The number of hydrogen-bond donors (Lipinski definition) is 0. The molecular formula is C11H18O. The van der Waals surface area contributed by atoms with E-state index in [1.807, 2.05) is 0 Å². The third-order valence-electron chi connectivity index (χ3n) is 4.02. The SMILES string of the molecule is C[C@H]1C[C@@H]2CCC(=O)[C@@H]2C[C@@H]1C. The van der Waals surface area contributed by atoms with E-state index in [-0.39, 0.29) is 0 Å². The van der Waals surface area contributed by atoms with E-state index in [9.17, 15) is 4.79 Å². The molecule has 2 rings (SSSR count). The fourth-order valence-electron chi connectivity index (χ4n) is 2.93. The molecule has 0 unspecified atom stereocenters. The van der Waals surface area contributed by atoms with Gasteiger partial charge in [-0.2, -0.15) is 0 Å². The lowest BCUT2D eigenvalue weighted by Gasteiger charge is -2.34. The third kappa shape index (κ3) is 1.19. The maximum absolute atomic E-state index is 11.5. The molecule has 0 aromatic rings. The Kier molecular flexibility index (Phi) is 1.97. The molecule has 0 spiro atoms. The Hall–Kier alpha value is -0.330. The van der Waals surface area contributed by atoms with Crippen molar-refractivity contribution in [2.24, 2.45) is 23.7 Å². The zero-order chi connectivity index (χ0) is 8.72. The summed E-state index contributed by atoms with van der Waals surface area (Å²) in [4.78, 5) is 11.5. The van der Waals surface area contributed by atoms with E-state index in [2.05, 4.69) is 13.8 Å². The highest BCUT2D eigenvalue weighted by molar-refractivity contribution is 5.83. The number of hydrogen-bond acceptors (Lipinski definition) is 1. The molecule has 0 heterocycles. The molecule has 68 valence electrons. The summed E-state index contributed by atoms with van der Waals surface area (Å²) in [6, 6.07) is 0. The van der Waals surface area contributed by atoms with E-state index in [4.69, 9.17) is 0 Å². The van der Waals surface area contributed by atoms with Crippen LogP contribution in [0.2, 0.25) is 0 Å². The second-order valence-corrected chi connectivity index (χ2v) is 4.80. The number of carbonyl (C=O) groups excluding carboxylic acids is 1. The fraction of sp³-hybridized carbons (Fsp3) is 0.909. The van der Waals surface area contributed by atoms with Crippen LogP contribution in [0.5, 0.6) is 0 Å². The van der Waals surface area contributed by atoms with Crippen LogP contribution in [0, 0.1) is 23.7 Å². The largest absolute Gasteiger partial charge is 0.299 e. The van der Waals surface area contributed by atoms with Gasteiger partial charge in [0.25, 0.3) is 0 Å². The van der Waals surface area contributed by atoms with Gasteiger partial charge >= 0.3 is 0 Å². The van der Waals surface area contributed by atoms with Gasteiger partial charge in [0.05, 0.1) is 0 Å². The second kappa shape index (κ2) is 2.86. The van der Waals surface area contributed by atoms with Crippen molar-refractivity contribution in [2.75, 3.05) is 0 Å². The highest BCUT2D eigenvalue weighted by Crippen LogP contribution is 2.44. The first-order valence-corrected chi connectivity index (χ1v) is 5.21. The molecule has 0 aromatic carbocycles. The summed E-state index contributed by atoms with van der Waals surface area (Å²) in [5.41, 5.74) is 0. The summed E-state index contributed by atoms with van der Waals surface area (Å²) in [7, 11) is 0. The molecule has 0 aliphatic heterocycles. The van der Waals surface area contributed by atoms with Crippen LogP contribution in [0.25, 0.3) is 0 Å². The smallest absolute Gasteiger partial charge is 0.136 e. The second-order valence-electron chi connectivity index (χ2n) is 4.80. The topological polar surface area (TPSA) is 17.1 Å². The Morgan fingerprint density at radius 2 is 1.83 bits per heavy atom. The van der Waals surface area contributed by atoms with Gasteiger partial charge in [0.2, 0.25) is 0 Å². The van der Waals surface area contributed by atoms with E-state index >= 15 is 0 Å². The number of rotatable bonds is 0. The van der Waals surface area contributed by atoms with Gasteiger partial charge in [-0.25, -0.2) is 0 Å². The number of carbonyl (C=O) groups is 1. The highest BCUT2D eigenvalue weighted by atomic mass is 16.1. The molecule has 0 saturated heterocycles. The predicted octanol–water partition coefficient (Wildman–Crippen LogP) is 2.65. The van der Waals surface area contributed by atoms with Gasteiger partial charge in [0.15, 0.2) is 0 Å². The molecule has 0 amide bonds. The van der Waals surface area contributed by atoms with Gasteiger partial charge in [-0.1, -0.05) is 13.8 Å². The van der Waals surface area contributed by atoms with Crippen molar-refractivity contribution < 1.29 is 4.79 Å². The molecule has 1 heteroatoms. The summed E-state index contributed by atoms with van der Waals surface area (Å²) in [6.45, 7) is 4.64. The number of ketones is 1. The molecule has 0 radical (unpaired) electrons. The molecular weight excluding hydrogens is 148 g/mol. The highest BCUT2D eigenvalue weighted by Gasteiger charge is 2.40. The lowest BCUT2D eigenvalue weighted by atomic mass is 9.71. The van der Waals surface area contributed by atoms with Crippen LogP contribution in [-0.4, -0.2) is 5.78 Å². The van der Waals surface area contributed by atoms with Crippen LogP contribution < -0.4 is 0 Å². The Morgan fingerprint density at radius 3 is 2.58 bits per heavy atom. The zero-order valence-electron chi connectivity index (χ0n) is 8.05. The van der Waals surface area contributed by atoms with Gasteiger partial charge in [-0.05, 0) is 37.0 Å². The first-order chi connectivity index (χ1) is 5.68. The Balaban J connectivity index is 2.09. The Morgan fingerprint density at radius 1 is 1.17 bits per heavy atom.